The van der Waals surface area contributed by atoms with Gasteiger partial charge in [0.1, 0.15) is 0 Å². The molecule has 1 fully saturated rings. The standard InChI is InChI=1S/C15H20BrN3/c1-11-8-12(4-5-14(11)16)19-10-15(2,3)18-9-13(19)6-7-17/h4-5,8,13,18H,6,9-10H2,1-3H3. The topological polar surface area (TPSA) is 39.1 Å². The van der Waals surface area contributed by atoms with Gasteiger partial charge in [0.25, 0.3) is 0 Å². The molecule has 0 bridgehead atoms. The quantitative estimate of drug-likeness (QED) is 0.909. The van der Waals surface area contributed by atoms with Crippen molar-refractivity contribution in [3.05, 3.63) is 28.2 Å². The number of hydrogen-bond acceptors (Lipinski definition) is 3. The molecular weight excluding hydrogens is 302 g/mol. The fourth-order valence-electron chi connectivity index (χ4n) is 2.51. The predicted octanol–water partition coefficient (Wildman–Crippen LogP) is 3.23. The molecule has 1 aromatic rings. The zero-order valence-electron chi connectivity index (χ0n) is 11.7. The van der Waals surface area contributed by atoms with Gasteiger partial charge >= 0.3 is 0 Å². The van der Waals surface area contributed by atoms with Crippen LogP contribution in [0.1, 0.15) is 25.8 Å². The molecule has 1 aliphatic heterocycles. The molecular formula is C15H20BrN3. The molecule has 4 heteroatoms. The summed E-state index contributed by atoms with van der Waals surface area (Å²) in [5.41, 5.74) is 2.51. The zero-order valence-corrected chi connectivity index (χ0v) is 13.3. The number of nitrogens with zero attached hydrogens (tertiary/aromatic N) is 2. The molecule has 0 amide bonds. The van der Waals surface area contributed by atoms with E-state index in [4.69, 9.17) is 5.26 Å². The molecule has 1 aliphatic rings. The molecule has 2 rings (SSSR count). The lowest BCUT2D eigenvalue weighted by atomic mass is 9.96. The highest BCUT2D eigenvalue weighted by atomic mass is 79.9. The Labute approximate surface area is 123 Å². The minimum atomic E-state index is 0.0763. The van der Waals surface area contributed by atoms with Gasteiger partial charge in [0.05, 0.1) is 18.5 Å². The zero-order chi connectivity index (χ0) is 14.0. The number of anilines is 1. The number of nitrogens with one attached hydrogen (secondary N) is 1. The first-order chi connectivity index (χ1) is 8.93. The summed E-state index contributed by atoms with van der Waals surface area (Å²) in [6.07, 6.45) is 0.554. The Kier molecular flexibility index (Phi) is 4.17. The second-order valence-electron chi connectivity index (χ2n) is 5.84. The van der Waals surface area contributed by atoms with Gasteiger partial charge in [-0.2, -0.15) is 5.26 Å². The molecule has 0 radical (unpaired) electrons. The van der Waals surface area contributed by atoms with Gasteiger partial charge in [0.15, 0.2) is 0 Å². The van der Waals surface area contributed by atoms with Crippen molar-refractivity contribution in [3.8, 4) is 6.07 Å². The number of halogens is 1. The largest absolute Gasteiger partial charge is 0.364 e. The number of hydrogen-bond donors (Lipinski definition) is 1. The lowest BCUT2D eigenvalue weighted by Gasteiger charge is -2.45. The highest BCUT2D eigenvalue weighted by Crippen LogP contribution is 2.28. The molecule has 3 nitrogen and oxygen atoms in total. The van der Waals surface area contributed by atoms with E-state index in [9.17, 15) is 0 Å². The highest BCUT2D eigenvalue weighted by molar-refractivity contribution is 9.10. The van der Waals surface area contributed by atoms with E-state index >= 15 is 0 Å². The van der Waals surface area contributed by atoms with Gasteiger partial charge in [0, 0.05) is 28.8 Å². The van der Waals surface area contributed by atoms with Gasteiger partial charge in [0.2, 0.25) is 0 Å². The molecule has 1 saturated heterocycles. The van der Waals surface area contributed by atoms with E-state index in [2.05, 4.69) is 71.2 Å². The first-order valence-corrected chi connectivity index (χ1v) is 7.37. The smallest absolute Gasteiger partial charge is 0.0643 e. The maximum atomic E-state index is 9.00. The van der Waals surface area contributed by atoms with Crippen LogP contribution in [-0.2, 0) is 0 Å². The molecule has 1 aromatic carbocycles. The van der Waals surface area contributed by atoms with E-state index in [1.54, 1.807) is 0 Å². The molecule has 0 aliphatic carbocycles. The maximum Gasteiger partial charge on any atom is 0.0643 e. The Morgan fingerprint density at radius 2 is 2.26 bits per heavy atom. The molecule has 102 valence electrons. The minimum Gasteiger partial charge on any atom is -0.364 e. The van der Waals surface area contributed by atoms with Gasteiger partial charge in [-0.15, -0.1) is 0 Å². The van der Waals surface area contributed by atoms with Crippen molar-refractivity contribution in [2.24, 2.45) is 0 Å². The van der Waals surface area contributed by atoms with E-state index < -0.39 is 0 Å². The van der Waals surface area contributed by atoms with Gasteiger partial charge < -0.3 is 10.2 Å². The molecule has 0 spiro atoms. The van der Waals surface area contributed by atoms with Crippen molar-refractivity contribution in [2.45, 2.75) is 38.8 Å². The van der Waals surface area contributed by atoms with Crippen molar-refractivity contribution < 1.29 is 0 Å². The SMILES string of the molecule is Cc1cc(N2CC(C)(C)NCC2CC#N)ccc1Br. The number of piperazine rings is 1. The summed E-state index contributed by atoms with van der Waals surface area (Å²) in [7, 11) is 0. The molecule has 1 heterocycles. The number of nitriles is 1. The Morgan fingerprint density at radius 1 is 1.53 bits per heavy atom. The molecule has 1 unspecified atom stereocenters. The molecule has 19 heavy (non-hydrogen) atoms. The van der Waals surface area contributed by atoms with Crippen LogP contribution >= 0.6 is 15.9 Å². The van der Waals surface area contributed by atoms with Crippen LogP contribution in [0, 0.1) is 18.3 Å². The summed E-state index contributed by atoms with van der Waals surface area (Å²) < 4.78 is 1.13. The van der Waals surface area contributed by atoms with Crippen LogP contribution < -0.4 is 10.2 Å². The van der Waals surface area contributed by atoms with Crippen LogP contribution in [0.15, 0.2) is 22.7 Å². The van der Waals surface area contributed by atoms with Gasteiger partial charge in [-0.05, 0) is 44.5 Å². The van der Waals surface area contributed by atoms with Crippen LogP contribution in [0.2, 0.25) is 0 Å². The molecule has 0 saturated carbocycles. The van der Waals surface area contributed by atoms with E-state index in [-0.39, 0.29) is 11.6 Å². The summed E-state index contributed by atoms with van der Waals surface area (Å²) in [5.74, 6) is 0. The molecule has 0 aromatic heterocycles. The van der Waals surface area contributed by atoms with Gasteiger partial charge in [-0.3, -0.25) is 0 Å². The Morgan fingerprint density at radius 3 is 2.89 bits per heavy atom. The Balaban J connectivity index is 2.31. The molecule has 1 N–H and O–H groups in total. The second-order valence-corrected chi connectivity index (χ2v) is 6.70. The summed E-state index contributed by atoms with van der Waals surface area (Å²) in [6.45, 7) is 8.28. The Hall–Kier alpha value is -1.05. The van der Waals surface area contributed by atoms with Crippen LogP contribution in [0.4, 0.5) is 5.69 Å². The number of rotatable bonds is 2. The van der Waals surface area contributed by atoms with E-state index in [0.717, 1.165) is 17.6 Å². The number of benzene rings is 1. The summed E-state index contributed by atoms with van der Waals surface area (Å²) in [5, 5.41) is 12.5. The summed E-state index contributed by atoms with van der Waals surface area (Å²) in [6, 6.07) is 8.95. The van der Waals surface area contributed by atoms with Crippen LogP contribution in [-0.4, -0.2) is 24.7 Å². The van der Waals surface area contributed by atoms with Crippen LogP contribution in [0.5, 0.6) is 0 Å². The third kappa shape index (κ3) is 3.29. The Bertz CT molecular complexity index is 505. The average molecular weight is 322 g/mol. The minimum absolute atomic E-state index is 0.0763. The average Bonchev–Trinajstić information content (AvgIpc) is 2.35. The monoisotopic (exact) mass is 321 g/mol. The van der Waals surface area contributed by atoms with Crippen LogP contribution in [0.3, 0.4) is 0 Å². The molecule has 1 atom stereocenters. The lowest BCUT2D eigenvalue weighted by molar-refractivity contribution is 0.311. The maximum absolute atomic E-state index is 9.00. The normalized spacial score (nSPS) is 22.1. The van der Waals surface area contributed by atoms with Crippen LogP contribution in [0.25, 0.3) is 0 Å². The van der Waals surface area contributed by atoms with Crippen molar-refractivity contribution in [2.75, 3.05) is 18.0 Å². The summed E-state index contributed by atoms with van der Waals surface area (Å²) >= 11 is 3.54. The second kappa shape index (κ2) is 5.52. The predicted molar refractivity (Wildman–Crippen MR) is 82.3 cm³/mol. The first-order valence-electron chi connectivity index (χ1n) is 6.58. The fourth-order valence-corrected chi connectivity index (χ4v) is 2.76. The van der Waals surface area contributed by atoms with Crippen molar-refractivity contribution in [3.63, 3.8) is 0 Å². The van der Waals surface area contributed by atoms with Crippen molar-refractivity contribution in [1.82, 2.24) is 5.32 Å². The van der Waals surface area contributed by atoms with Crippen molar-refractivity contribution in [1.29, 1.82) is 5.26 Å². The fraction of sp³-hybridized carbons (Fsp3) is 0.533. The van der Waals surface area contributed by atoms with Crippen molar-refractivity contribution >= 4 is 21.6 Å². The van der Waals surface area contributed by atoms with E-state index in [1.165, 1.54) is 11.3 Å². The lowest BCUT2D eigenvalue weighted by Crippen LogP contribution is -2.61. The third-order valence-electron chi connectivity index (χ3n) is 3.62. The van der Waals surface area contributed by atoms with E-state index in [0.29, 0.717) is 6.42 Å². The van der Waals surface area contributed by atoms with Gasteiger partial charge in [-0.1, -0.05) is 15.9 Å². The summed E-state index contributed by atoms with van der Waals surface area (Å²) in [4.78, 5) is 2.36. The first kappa shape index (κ1) is 14.4. The third-order valence-corrected chi connectivity index (χ3v) is 4.51. The number of aryl methyl sites for hydroxylation is 1. The van der Waals surface area contributed by atoms with E-state index in [1.807, 2.05) is 0 Å². The van der Waals surface area contributed by atoms with Gasteiger partial charge in [-0.25, -0.2) is 0 Å². The highest BCUT2D eigenvalue weighted by Gasteiger charge is 2.32.